The first-order chi connectivity index (χ1) is 26.2. The van der Waals surface area contributed by atoms with Gasteiger partial charge in [-0.15, -0.1) is 0 Å². The van der Waals surface area contributed by atoms with Crippen LogP contribution in [0.15, 0.2) is 71.1 Å². The van der Waals surface area contributed by atoms with Gasteiger partial charge in [-0.2, -0.15) is 5.26 Å². The quantitative estimate of drug-likeness (QED) is 0.100. The molecule has 55 heavy (non-hydrogen) atoms. The second-order valence-corrected chi connectivity index (χ2v) is 16.0. The van der Waals surface area contributed by atoms with Crippen LogP contribution in [-0.2, 0) is 17.7 Å². The smallest absolute Gasteiger partial charge is 0.407 e. The normalized spacial score (nSPS) is 16.8. The predicted molar refractivity (Wildman–Crippen MR) is 216 cm³/mol. The summed E-state index contributed by atoms with van der Waals surface area (Å²) in [5.41, 5.74) is 5.28. The number of amides is 2. The van der Waals surface area contributed by atoms with Crippen LogP contribution in [0.4, 0.5) is 4.79 Å². The highest BCUT2D eigenvalue weighted by Gasteiger charge is 2.26. The zero-order valence-electron chi connectivity index (χ0n) is 33.0. The maximum Gasteiger partial charge on any atom is 0.407 e. The number of furan rings is 1. The summed E-state index contributed by atoms with van der Waals surface area (Å²) in [6.07, 6.45) is 3.54. The molecule has 0 spiro atoms. The Labute approximate surface area is 330 Å². The number of carbonyl (C=O) groups excluding carboxylic acids is 2. The fraction of sp³-hybridized carbons (Fsp3) is 0.432. The summed E-state index contributed by atoms with van der Waals surface area (Å²) in [6.45, 7) is 12.7. The molecule has 1 heterocycles. The van der Waals surface area contributed by atoms with Crippen molar-refractivity contribution in [2.75, 3.05) is 13.7 Å². The third kappa shape index (κ3) is 11.8. The Balaban J connectivity index is 1.28. The molecule has 292 valence electrons. The van der Waals surface area contributed by atoms with Crippen LogP contribution in [0.1, 0.15) is 103 Å². The number of carbonyl (C=O) groups is 2. The molecule has 4 N–H and O–H groups in total. The fourth-order valence-electron chi connectivity index (χ4n) is 6.86. The summed E-state index contributed by atoms with van der Waals surface area (Å²) in [5.74, 6) is 1.48. The third-order valence-corrected chi connectivity index (χ3v) is 10.3. The van der Waals surface area contributed by atoms with E-state index in [1.807, 2.05) is 58.0 Å². The molecule has 1 aromatic heterocycles. The number of methoxy groups -OCH3 is 1. The maximum absolute atomic E-state index is 14.1. The van der Waals surface area contributed by atoms with Gasteiger partial charge in [0, 0.05) is 36.8 Å². The van der Waals surface area contributed by atoms with E-state index in [2.05, 4.69) is 65.4 Å². The molecule has 0 bridgehead atoms. The highest BCUT2D eigenvalue weighted by Crippen LogP contribution is 2.36. The average molecular weight is 768 g/mol. The van der Waals surface area contributed by atoms with Gasteiger partial charge in [0.05, 0.1) is 41.4 Å². The average Bonchev–Trinajstić information content (AvgIpc) is 3.61. The van der Waals surface area contributed by atoms with Gasteiger partial charge in [-0.1, -0.05) is 53.6 Å². The van der Waals surface area contributed by atoms with Crippen LogP contribution in [0.2, 0.25) is 5.02 Å². The SMILES string of the molecule is COc1cc(Cl)c(C(=O)N[C@@H](CNC2CCC(NC(=O)OC(C)(C)C)CC2)Cc2ccc(C#N)c(C)c2)cc1-c1ccc(CN[C@H](C)c2ccc(C)cc2)o1. The van der Waals surface area contributed by atoms with Crippen molar-refractivity contribution in [2.45, 2.75) is 110 Å². The summed E-state index contributed by atoms with van der Waals surface area (Å²) >= 11 is 6.74. The van der Waals surface area contributed by atoms with E-state index >= 15 is 0 Å². The second kappa shape index (κ2) is 18.7. The number of ether oxygens (including phenoxy) is 2. The molecule has 0 radical (unpaired) electrons. The maximum atomic E-state index is 14.1. The van der Waals surface area contributed by atoms with Crippen molar-refractivity contribution >= 4 is 23.6 Å². The number of benzene rings is 3. The van der Waals surface area contributed by atoms with Crippen LogP contribution >= 0.6 is 11.6 Å². The molecule has 0 saturated heterocycles. The van der Waals surface area contributed by atoms with Crippen LogP contribution in [0.25, 0.3) is 11.3 Å². The Morgan fingerprint density at radius 2 is 1.69 bits per heavy atom. The molecule has 11 heteroatoms. The lowest BCUT2D eigenvalue weighted by Crippen LogP contribution is -2.48. The lowest BCUT2D eigenvalue weighted by Gasteiger charge is -2.31. The number of rotatable bonds is 14. The van der Waals surface area contributed by atoms with Gasteiger partial charge >= 0.3 is 6.09 Å². The number of aryl methyl sites for hydroxylation is 2. The van der Waals surface area contributed by atoms with Crippen molar-refractivity contribution in [1.82, 2.24) is 21.3 Å². The molecular formula is C44H54ClN5O5. The first-order valence-corrected chi connectivity index (χ1v) is 19.4. The van der Waals surface area contributed by atoms with Gasteiger partial charge in [-0.05, 0) is 115 Å². The summed E-state index contributed by atoms with van der Waals surface area (Å²) in [4.78, 5) is 26.4. The predicted octanol–water partition coefficient (Wildman–Crippen LogP) is 8.71. The third-order valence-electron chi connectivity index (χ3n) is 9.95. The molecule has 1 aliphatic rings. The Morgan fingerprint density at radius 3 is 2.35 bits per heavy atom. The number of halogens is 1. The van der Waals surface area contributed by atoms with Gasteiger partial charge in [0.25, 0.3) is 5.91 Å². The Bertz CT molecular complexity index is 1970. The minimum Gasteiger partial charge on any atom is -0.496 e. The minimum atomic E-state index is -0.547. The molecule has 2 atom stereocenters. The molecule has 5 rings (SSSR count). The number of nitrogens with zero attached hydrogens (tertiary/aromatic N) is 1. The minimum absolute atomic E-state index is 0.0557. The van der Waals surface area contributed by atoms with Crippen molar-refractivity contribution in [3.8, 4) is 23.1 Å². The van der Waals surface area contributed by atoms with Crippen molar-refractivity contribution in [1.29, 1.82) is 5.26 Å². The molecule has 0 aliphatic heterocycles. The molecule has 1 saturated carbocycles. The van der Waals surface area contributed by atoms with Crippen LogP contribution in [-0.4, -0.2) is 49.4 Å². The highest BCUT2D eigenvalue weighted by molar-refractivity contribution is 6.34. The second-order valence-electron chi connectivity index (χ2n) is 15.6. The molecule has 3 aromatic carbocycles. The lowest BCUT2D eigenvalue weighted by atomic mass is 9.91. The van der Waals surface area contributed by atoms with Gasteiger partial charge < -0.3 is 35.2 Å². The first-order valence-electron chi connectivity index (χ1n) is 19.0. The summed E-state index contributed by atoms with van der Waals surface area (Å²) in [6, 6.07) is 23.7. The molecule has 4 aromatic rings. The summed E-state index contributed by atoms with van der Waals surface area (Å²) in [5, 5.41) is 23.2. The molecule has 10 nitrogen and oxygen atoms in total. The van der Waals surface area contributed by atoms with E-state index in [0.29, 0.717) is 47.7 Å². The van der Waals surface area contributed by atoms with Gasteiger partial charge in [-0.3, -0.25) is 4.79 Å². The van der Waals surface area contributed by atoms with Crippen LogP contribution < -0.4 is 26.0 Å². The van der Waals surface area contributed by atoms with Crippen molar-refractivity contribution in [3.05, 3.63) is 111 Å². The van der Waals surface area contributed by atoms with E-state index in [1.54, 1.807) is 19.2 Å². The van der Waals surface area contributed by atoms with E-state index in [9.17, 15) is 14.9 Å². The van der Waals surface area contributed by atoms with Crippen molar-refractivity contribution < 1.29 is 23.5 Å². The molecule has 1 aliphatic carbocycles. The molecule has 2 amide bonds. The van der Waals surface area contributed by atoms with Crippen LogP contribution in [0, 0.1) is 25.2 Å². The van der Waals surface area contributed by atoms with Gasteiger partial charge in [0.1, 0.15) is 22.9 Å². The number of nitriles is 1. The largest absolute Gasteiger partial charge is 0.496 e. The topological polar surface area (TPSA) is 138 Å². The summed E-state index contributed by atoms with van der Waals surface area (Å²) < 4.78 is 17.4. The molecule has 0 unspecified atom stereocenters. The Hall–Kier alpha value is -4.82. The summed E-state index contributed by atoms with van der Waals surface area (Å²) in [7, 11) is 1.56. The van der Waals surface area contributed by atoms with Crippen LogP contribution in [0.3, 0.4) is 0 Å². The van der Waals surface area contributed by atoms with E-state index in [1.165, 1.54) is 11.1 Å². The zero-order valence-corrected chi connectivity index (χ0v) is 33.7. The van der Waals surface area contributed by atoms with E-state index < -0.39 is 11.7 Å². The van der Waals surface area contributed by atoms with Gasteiger partial charge in [-0.25, -0.2) is 4.79 Å². The number of alkyl carbamates (subject to hydrolysis) is 1. The monoisotopic (exact) mass is 767 g/mol. The molecule has 1 fully saturated rings. The number of nitrogens with one attached hydrogen (secondary N) is 4. The number of hydrogen-bond donors (Lipinski definition) is 4. The number of hydrogen-bond acceptors (Lipinski definition) is 8. The van der Waals surface area contributed by atoms with Gasteiger partial charge in [0.2, 0.25) is 0 Å². The standard InChI is InChI=1S/C44H54ClN5O5/c1-27-8-11-31(12-9-27)29(3)47-26-36-18-19-40(54-36)38-22-37(39(45)23-41(38)53-7)42(51)49-35(21-30-10-13-32(24-46)28(2)20-30)25-48-33-14-16-34(17-15-33)50-43(52)55-44(4,5)6/h8-13,18-20,22-23,29,33-35,47-48H,14-17,21,25-26H2,1-7H3,(H,49,51)(H,50,52)/t29-,33?,34?,35-/m1/s1. The van der Waals surface area contributed by atoms with E-state index in [-0.39, 0.29) is 35.1 Å². The van der Waals surface area contributed by atoms with E-state index in [4.69, 9.17) is 25.5 Å². The highest BCUT2D eigenvalue weighted by atomic mass is 35.5. The van der Waals surface area contributed by atoms with Crippen molar-refractivity contribution in [2.24, 2.45) is 0 Å². The van der Waals surface area contributed by atoms with Crippen LogP contribution in [0.5, 0.6) is 5.75 Å². The first kappa shape index (κ1) is 41.3. The molecular weight excluding hydrogens is 714 g/mol. The lowest BCUT2D eigenvalue weighted by molar-refractivity contribution is 0.0489. The Morgan fingerprint density at radius 1 is 0.982 bits per heavy atom. The fourth-order valence-corrected chi connectivity index (χ4v) is 7.10. The Kier molecular flexibility index (Phi) is 14.0. The van der Waals surface area contributed by atoms with E-state index in [0.717, 1.165) is 42.6 Å². The zero-order chi connectivity index (χ0) is 39.7. The van der Waals surface area contributed by atoms with Gasteiger partial charge in [0.15, 0.2) is 0 Å². The van der Waals surface area contributed by atoms with Crippen molar-refractivity contribution in [3.63, 3.8) is 0 Å².